The lowest BCUT2D eigenvalue weighted by Crippen LogP contribution is -2.33. The molecular formula is C11H18N4O. The third-order valence-electron chi connectivity index (χ3n) is 3.03. The number of nitrogens with zero attached hydrogens (tertiary/aromatic N) is 2. The first kappa shape index (κ1) is 11.1. The standard InChI is InChI=1S/C11H18N4O/c12-10-11(14-7-6-13-10)15-8-4-2-1-3-5-9(8)16/h6-9,16H,1-5H2,(H2,12,13)(H,14,15). The van der Waals surface area contributed by atoms with Crippen LogP contribution in [0.5, 0.6) is 0 Å². The molecule has 16 heavy (non-hydrogen) atoms. The number of aromatic nitrogens is 2. The highest BCUT2D eigenvalue weighted by Crippen LogP contribution is 2.22. The van der Waals surface area contributed by atoms with Gasteiger partial charge in [0.15, 0.2) is 11.6 Å². The molecule has 2 unspecified atom stereocenters. The third-order valence-corrected chi connectivity index (χ3v) is 3.03. The Labute approximate surface area is 95.1 Å². The van der Waals surface area contributed by atoms with Gasteiger partial charge in [0.05, 0.1) is 12.1 Å². The number of anilines is 2. The van der Waals surface area contributed by atoms with E-state index in [9.17, 15) is 5.11 Å². The van der Waals surface area contributed by atoms with Crippen molar-refractivity contribution in [2.45, 2.75) is 44.2 Å². The molecule has 0 spiro atoms. The molecule has 1 heterocycles. The number of nitrogens with one attached hydrogen (secondary N) is 1. The number of aliphatic hydroxyl groups excluding tert-OH is 1. The Morgan fingerprint density at radius 2 is 1.94 bits per heavy atom. The van der Waals surface area contributed by atoms with E-state index in [1.807, 2.05) is 0 Å². The van der Waals surface area contributed by atoms with Gasteiger partial charge in [-0.05, 0) is 12.8 Å². The summed E-state index contributed by atoms with van der Waals surface area (Å²) in [5.74, 6) is 0.965. The van der Waals surface area contributed by atoms with Crippen LogP contribution in [0.15, 0.2) is 12.4 Å². The molecule has 5 nitrogen and oxygen atoms in total. The Balaban J connectivity index is 2.05. The normalized spacial score (nSPS) is 26.1. The molecule has 2 atom stereocenters. The summed E-state index contributed by atoms with van der Waals surface area (Å²) >= 11 is 0. The number of hydrogen-bond acceptors (Lipinski definition) is 5. The number of aliphatic hydroxyl groups is 1. The van der Waals surface area contributed by atoms with Crippen molar-refractivity contribution >= 4 is 11.6 Å². The van der Waals surface area contributed by atoms with Crippen LogP contribution in [0.2, 0.25) is 0 Å². The van der Waals surface area contributed by atoms with E-state index in [0.29, 0.717) is 11.6 Å². The van der Waals surface area contributed by atoms with Gasteiger partial charge in [0.1, 0.15) is 0 Å². The van der Waals surface area contributed by atoms with Crippen LogP contribution in [-0.4, -0.2) is 27.2 Å². The summed E-state index contributed by atoms with van der Waals surface area (Å²) in [6.45, 7) is 0. The fourth-order valence-corrected chi connectivity index (χ4v) is 2.09. The van der Waals surface area contributed by atoms with Gasteiger partial charge < -0.3 is 16.2 Å². The fourth-order valence-electron chi connectivity index (χ4n) is 2.09. The number of hydrogen-bond donors (Lipinski definition) is 3. The number of nitrogens with two attached hydrogens (primary N) is 1. The Kier molecular flexibility index (Phi) is 3.56. The molecule has 1 aromatic rings. The van der Waals surface area contributed by atoms with Crippen LogP contribution in [0.4, 0.5) is 11.6 Å². The maximum Gasteiger partial charge on any atom is 0.169 e. The van der Waals surface area contributed by atoms with Crippen LogP contribution in [-0.2, 0) is 0 Å². The first-order chi connectivity index (χ1) is 7.77. The molecule has 0 aromatic carbocycles. The van der Waals surface area contributed by atoms with Crippen molar-refractivity contribution in [1.82, 2.24) is 9.97 Å². The minimum Gasteiger partial charge on any atom is -0.391 e. The van der Waals surface area contributed by atoms with Crippen molar-refractivity contribution in [3.05, 3.63) is 12.4 Å². The highest BCUT2D eigenvalue weighted by Gasteiger charge is 2.22. The summed E-state index contributed by atoms with van der Waals surface area (Å²) < 4.78 is 0. The maximum atomic E-state index is 9.95. The van der Waals surface area contributed by atoms with E-state index >= 15 is 0 Å². The molecule has 5 heteroatoms. The van der Waals surface area contributed by atoms with Crippen LogP contribution in [0.3, 0.4) is 0 Å². The van der Waals surface area contributed by atoms with Crippen LogP contribution < -0.4 is 11.1 Å². The predicted molar refractivity (Wildman–Crippen MR) is 62.9 cm³/mol. The smallest absolute Gasteiger partial charge is 0.169 e. The van der Waals surface area contributed by atoms with Gasteiger partial charge in [-0.25, -0.2) is 9.97 Å². The molecular weight excluding hydrogens is 204 g/mol. The molecule has 4 N–H and O–H groups in total. The van der Waals surface area contributed by atoms with Crippen molar-refractivity contribution in [2.75, 3.05) is 11.1 Å². The van der Waals surface area contributed by atoms with E-state index in [2.05, 4.69) is 15.3 Å². The first-order valence-electron chi connectivity index (χ1n) is 5.78. The molecule has 1 saturated carbocycles. The minimum absolute atomic E-state index is 0.0431. The molecule has 2 rings (SSSR count). The summed E-state index contributed by atoms with van der Waals surface area (Å²) in [4.78, 5) is 8.09. The van der Waals surface area contributed by atoms with E-state index < -0.39 is 0 Å². The summed E-state index contributed by atoms with van der Waals surface area (Å²) in [6, 6.07) is 0.0431. The molecule has 1 aliphatic rings. The van der Waals surface area contributed by atoms with Gasteiger partial charge in [-0.2, -0.15) is 0 Å². The van der Waals surface area contributed by atoms with Gasteiger partial charge in [0.25, 0.3) is 0 Å². The van der Waals surface area contributed by atoms with E-state index in [4.69, 9.17) is 5.73 Å². The predicted octanol–water partition coefficient (Wildman–Crippen LogP) is 1.16. The molecule has 1 fully saturated rings. The summed E-state index contributed by atoms with van der Waals surface area (Å²) in [5.41, 5.74) is 5.70. The average molecular weight is 222 g/mol. The van der Waals surface area contributed by atoms with E-state index in [-0.39, 0.29) is 12.1 Å². The lowest BCUT2D eigenvalue weighted by molar-refractivity contribution is 0.144. The average Bonchev–Trinajstić information content (AvgIpc) is 2.48. The Morgan fingerprint density at radius 1 is 1.19 bits per heavy atom. The quantitative estimate of drug-likeness (QED) is 0.654. The van der Waals surface area contributed by atoms with Crippen molar-refractivity contribution in [2.24, 2.45) is 0 Å². The molecule has 0 amide bonds. The lowest BCUT2D eigenvalue weighted by Gasteiger charge is -2.22. The van der Waals surface area contributed by atoms with Gasteiger partial charge in [0.2, 0.25) is 0 Å². The summed E-state index contributed by atoms with van der Waals surface area (Å²) in [7, 11) is 0. The van der Waals surface area contributed by atoms with Gasteiger partial charge in [-0.3, -0.25) is 0 Å². The Bertz CT molecular complexity index is 345. The monoisotopic (exact) mass is 222 g/mol. The molecule has 0 radical (unpaired) electrons. The zero-order valence-corrected chi connectivity index (χ0v) is 9.26. The van der Waals surface area contributed by atoms with Crippen molar-refractivity contribution in [1.29, 1.82) is 0 Å². The molecule has 0 saturated heterocycles. The van der Waals surface area contributed by atoms with Crippen molar-refractivity contribution in [3.63, 3.8) is 0 Å². The zero-order chi connectivity index (χ0) is 11.4. The van der Waals surface area contributed by atoms with Gasteiger partial charge in [-0.15, -0.1) is 0 Å². The lowest BCUT2D eigenvalue weighted by atomic mass is 10.1. The Morgan fingerprint density at radius 3 is 2.75 bits per heavy atom. The van der Waals surface area contributed by atoms with Crippen LogP contribution >= 0.6 is 0 Å². The highest BCUT2D eigenvalue weighted by molar-refractivity contribution is 5.55. The summed E-state index contributed by atoms with van der Waals surface area (Å²) in [6.07, 6.45) is 8.06. The van der Waals surface area contributed by atoms with Crippen molar-refractivity contribution in [3.8, 4) is 0 Å². The Hall–Kier alpha value is -1.36. The SMILES string of the molecule is Nc1nccnc1NC1CCCCCC1O. The highest BCUT2D eigenvalue weighted by atomic mass is 16.3. The van der Waals surface area contributed by atoms with E-state index in [1.54, 1.807) is 12.4 Å². The molecule has 88 valence electrons. The number of nitrogen functional groups attached to an aromatic ring is 1. The third kappa shape index (κ3) is 2.61. The summed E-state index contributed by atoms with van der Waals surface area (Å²) in [5, 5.41) is 13.1. The van der Waals surface area contributed by atoms with Crippen LogP contribution in [0.1, 0.15) is 32.1 Å². The minimum atomic E-state index is -0.316. The molecule has 0 aliphatic heterocycles. The second-order valence-electron chi connectivity index (χ2n) is 4.25. The van der Waals surface area contributed by atoms with Crippen molar-refractivity contribution < 1.29 is 5.11 Å². The first-order valence-corrected chi connectivity index (χ1v) is 5.78. The van der Waals surface area contributed by atoms with Gasteiger partial charge in [-0.1, -0.05) is 19.3 Å². The largest absolute Gasteiger partial charge is 0.391 e. The van der Waals surface area contributed by atoms with Crippen LogP contribution in [0.25, 0.3) is 0 Å². The van der Waals surface area contributed by atoms with Crippen LogP contribution in [0, 0.1) is 0 Å². The van der Waals surface area contributed by atoms with Gasteiger partial charge in [0, 0.05) is 12.4 Å². The molecule has 1 aliphatic carbocycles. The van der Waals surface area contributed by atoms with E-state index in [1.165, 1.54) is 6.42 Å². The second-order valence-corrected chi connectivity index (χ2v) is 4.25. The fraction of sp³-hybridized carbons (Fsp3) is 0.636. The molecule has 1 aromatic heterocycles. The van der Waals surface area contributed by atoms with Gasteiger partial charge >= 0.3 is 0 Å². The zero-order valence-electron chi connectivity index (χ0n) is 9.26. The number of rotatable bonds is 2. The van der Waals surface area contributed by atoms with E-state index in [0.717, 1.165) is 25.7 Å². The molecule has 0 bridgehead atoms. The second kappa shape index (κ2) is 5.12. The topological polar surface area (TPSA) is 84.1 Å². The maximum absolute atomic E-state index is 9.95.